The standard InChI is InChI=1S/C37H53F2N5O7S2/c1-21(2)17-44(53(47,48)26-8-9-27-32(16-26)52-35(42-27)41-22(3)4)18-30(45)28(14-23-12-24(38)15-25(39)13-23)43-36(46)51-31-20-50-34-33(31)29(19-49-34)40-11-10-37(5,6)7/h8-9,12-13,15-16,21-22,28-31,33-34,40,45H,10-11,14,17-20H2,1-7H3,(H,41,42)(H,43,46)/t28-,29-,30+,31?,33?,34+/m0/s1. The predicted molar refractivity (Wildman–Crippen MR) is 200 cm³/mol. The molecule has 0 radical (unpaired) electrons. The Morgan fingerprint density at radius 2 is 1.77 bits per heavy atom. The van der Waals surface area contributed by atoms with Crippen molar-refractivity contribution in [2.24, 2.45) is 17.3 Å². The summed E-state index contributed by atoms with van der Waals surface area (Å²) in [7, 11) is -4.17. The number of aromatic nitrogens is 1. The second kappa shape index (κ2) is 17.2. The number of sulfonamides is 1. The van der Waals surface area contributed by atoms with E-state index in [1.54, 1.807) is 12.1 Å². The highest BCUT2D eigenvalue weighted by atomic mass is 32.2. The molecule has 1 aromatic heterocycles. The third kappa shape index (κ3) is 11.0. The zero-order chi connectivity index (χ0) is 38.7. The van der Waals surface area contributed by atoms with Crippen molar-refractivity contribution >= 4 is 42.8 Å². The minimum atomic E-state index is -4.17. The number of aliphatic hydroxyl groups excluding tert-OH is 1. The number of rotatable bonds is 16. The van der Waals surface area contributed by atoms with Gasteiger partial charge in [0, 0.05) is 31.2 Å². The highest BCUT2D eigenvalue weighted by molar-refractivity contribution is 7.89. The number of alkyl carbamates (subject to hydrolysis) is 1. The van der Waals surface area contributed by atoms with Crippen LogP contribution in [0.25, 0.3) is 10.2 Å². The average Bonchev–Trinajstić information content (AvgIpc) is 3.74. The molecule has 1 amide bonds. The number of nitrogens with zero attached hydrogens (tertiary/aromatic N) is 2. The molecule has 2 aliphatic rings. The Balaban J connectivity index is 1.35. The van der Waals surface area contributed by atoms with Gasteiger partial charge in [0.05, 0.1) is 46.4 Å². The number of carbonyl (C=O) groups excluding carboxylic acids is 1. The number of aliphatic hydroxyl groups is 1. The van der Waals surface area contributed by atoms with Crippen LogP contribution in [0.2, 0.25) is 0 Å². The minimum absolute atomic E-state index is 0.0222. The molecule has 0 spiro atoms. The quantitative estimate of drug-likeness (QED) is 0.147. The summed E-state index contributed by atoms with van der Waals surface area (Å²) in [6, 6.07) is 6.44. The van der Waals surface area contributed by atoms with Crippen LogP contribution in [-0.4, -0.2) is 98.4 Å². The second-order valence-corrected chi connectivity index (χ2v) is 18.9. The number of ether oxygens (including phenoxy) is 3. The molecule has 2 saturated heterocycles. The molecule has 4 N–H and O–H groups in total. The summed E-state index contributed by atoms with van der Waals surface area (Å²) < 4.78 is 76.1. The van der Waals surface area contributed by atoms with Crippen LogP contribution in [-0.2, 0) is 30.7 Å². The third-order valence-electron chi connectivity index (χ3n) is 9.13. The molecule has 0 bridgehead atoms. The molecule has 294 valence electrons. The third-order valence-corrected chi connectivity index (χ3v) is 11.9. The van der Waals surface area contributed by atoms with E-state index < -0.39 is 58.8 Å². The van der Waals surface area contributed by atoms with E-state index in [-0.39, 0.29) is 59.4 Å². The molecular weight excluding hydrogens is 729 g/mol. The van der Waals surface area contributed by atoms with Crippen LogP contribution in [0.1, 0.15) is 60.5 Å². The number of carbonyl (C=O) groups is 1. The molecule has 2 aliphatic heterocycles. The number of fused-ring (bicyclic) bond motifs is 2. The van der Waals surface area contributed by atoms with Crippen molar-refractivity contribution in [1.29, 1.82) is 0 Å². The predicted octanol–water partition coefficient (Wildman–Crippen LogP) is 5.51. The van der Waals surface area contributed by atoms with Gasteiger partial charge in [0.25, 0.3) is 0 Å². The lowest BCUT2D eigenvalue weighted by Crippen LogP contribution is -2.52. The fourth-order valence-electron chi connectivity index (χ4n) is 6.57. The van der Waals surface area contributed by atoms with E-state index >= 15 is 0 Å². The summed E-state index contributed by atoms with van der Waals surface area (Å²) in [6.07, 6.45) is -2.91. The molecule has 0 saturated carbocycles. The van der Waals surface area contributed by atoms with Gasteiger partial charge in [-0.25, -0.2) is 27.0 Å². The van der Waals surface area contributed by atoms with Gasteiger partial charge in [-0.05, 0) is 80.5 Å². The molecule has 2 unspecified atom stereocenters. The van der Waals surface area contributed by atoms with E-state index in [0.29, 0.717) is 22.0 Å². The van der Waals surface area contributed by atoms with Crippen molar-refractivity contribution in [3.8, 4) is 0 Å². The van der Waals surface area contributed by atoms with Gasteiger partial charge in [0.15, 0.2) is 11.4 Å². The van der Waals surface area contributed by atoms with E-state index in [1.807, 2.05) is 27.7 Å². The number of anilines is 1. The van der Waals surface area contributed by atoms with E-state index in [4.69, 9.17) is 14.2 Å². The Kier molecular flexibility index (Phi) is 13.4. The summed E-state index contributed by atoms with van der Waals surface area (Å²) in [5.74, 6) is -2.06. The largest absolute Gasteiger partial charge is 0.443 e. The lowest BCUT2D eigenvalue weighted by Gasteiger charge is -2.31. The van der Waals surface area contributed by atoms with Gasteiger partial charge in [-0.3, -0.25) is 0 Å². The van der Waals surface area contributed by atoms with Crippen LogP contribution in [0.4, 0.5) is 18.7 Å². The van der Waals surface area contributed by atoms with Crippen LogP contribution in [0.5, 0.6) is 0 Å². The topological polar surface area (TPSA) is 151 Å². The van der Waals surface area contributed by atoms with E-state index in [1.165, 1.54) is 21.7 Å². The smallest absolute Gasteiger partial charge is 0.407 e. The lowest BCUT2D eigenvalue weighted by atomic mass is 9.91. The molecule has 53 heavy (non-hydrogen) atoms. The number of benzene rings is 2. The van der Waals surface area contributed by atoms with Gasteiger partial charge in [0.1, 0.15) is 17.7 Å². The van der Waals surface area contributed by atoms with Crippen LogP contribution in [0, 0.1) is 28.9 Å². The summed E-state index contributed by atoms with van der Waals surface area (Å²) in [5.41, 5.74) is 0.929. The molecular formula is C37H53F2N5O7S2. The van der Waals surface area contributed by atoms with Crippen molar-refractivity contribution in [2.45, 2.75) is 103 Å². The summed E-state index contributed by atoms with van der Waals surface area (Å²) >= 11 is 1.34. The Bertz CT molecular complexity index is 1800. The van der Waals surface area contributed by atoms with Crippen LogP contribution in [0.15, 0.2) is 41.3 Å². The first kappa shape index (κ1) is 41.2. The Morgan fingerprint density at radius 3 is 2.43 bits per heavy atom. The van der Waals surface area contributed by atoms with Crippen molar-refractivity contribution < 1.29 is 41.3 Å². The maximum Gasteiger partial charge on any atom is 0.407 e. The first-order chi connectivity index (χ1) is 24.9. The number of nitrogens with one attached hydrogen (secondary N) is 3. The Morgan fingerprint density at radius 1 is 1.08 bits per heavy atom. The minimum Gasteiger partial charge on any atom is -0.443 e. The first-order valence-electron chi connectivity index (χ1n) is 18.1. The molecule has 5 rings (SSSR count). The molecule has 3 heterocycles. The monoisotopic (exact) mass is 781 g/mol. The highest BCUT2D eigenvalue weighted by Crippen LogP contribution is 2.34. The van der Waals surface area contributed by atoms with Crippen molar-refractivity contribution in [1.82, 2.24) is 19.9 Å². The van der Waals surface area contributed by atoms with Crippen molar-refractivity contribution in [3.63, 3.8) is 0 Å². The zero-order valence-corrected chi connectivity index (χ0v) is 33.0. The SMILES string of the molecule is CC(C)CN(C[C@@H](O)[C@H](Cc1cc(F)cc(F)c1)NC(=O)OC1CO[C@H]2OC[C@H](NCCC(C)(C)C)C12)S(=O)(=O)c1ccc2nc(NC(C)C)sc2c1. The van der Waals surface area contributed by atoms with Crippen molar-refractivity contribution in [2.75, 3.05) is 38.2 Å². The number of thiazole rings is 1. The number of halogens is 2. The molecule has 2 fully saturated rings. The van der Waals surface area contributed by atoms with Gasteiger partial charge in [0.2, 0.25) is 10.0 Å². The van der Waals surface area contributed by atoms with Crippen molar-refractivity contribution in [3.05, 3.63) is 53.6 Å². The van der Waals surface area contributed by atoms with Gasteiger partial charge in [-0.1, -0.05) is 46.0 Å². The van der Waals surface area contributed by atoms with Gasteiger partial charge in [-0.2, -0.15) is 4.31 Å². The molecule has 2 aromatic carbocycles. The summed E-state index contributed by atoms with van der Waals surface area (Å²) in [5, 5.41) is 21.8. The van der Waals surface area contributed by atoms with Gasteiger partial charge in [-0.15, -0.1) is 0 Å². The van der Waals surface area contributed by atoms with Crippen LogP contribution in [0.3, 0.4) is 0 Å². The Hall–Kier alpha value is -2.99. The number of hydrogen-bond donors (Lipinski definition) is 4. The average molecular weight is 782 g/mol. The van der Waals surface area contributed by atoms with E-state index in [9.17, 15) is 27.1 Å². The lowest BCUT2D eigenvalue weighted by molar-refractivity contribution is -0.0908. The molecule has 6 atom stereocenters. The molecule has 16 heteroatoms. The Labute approximate surface area is 315 Å². The normalized spacial score (nSPS) is 21.8. The van der Waals surface area contributed by atoms with Gasteiger partial charge < -0.3 is 35.3 Å². The maximum atomic E-state index is 14.3. The molecule has 0 aliphatic carbocycles. The maximum absolute atomic E-state index is 14.3. The fraction of sp³-hybridized carbons (Fsp3) is 0.622. The number of amides is 1. The fourth-order valence-corrected chi connectivity index (χ4v) is 9.34. The summed E-state index contributed by atoms with van der Waals surface area (Å²) in [4.78, 5) is 18.1. The van der Waals surface area contributed by atoms with Gasteiger partial charge >= 0.3 is 6.09 Å². The number of hydrogen-bond acceptors (Lipinski definition) is 11. The van der Waals surface area contributed by atoms with Crippen LogP contribution < -0.4 is 16.0 Å². The second-order valence-electron chi connectivity index (χ2n) is 15.9. The van der Waals surface area contributed by atoms with E-state index in [0.717, 1.165) is 31.2 Å². The highest BCUT2D eigenvalue weighted by Gasteiger charge is 2.50. The summed E-state index contributed by atoms with van der Waals surface area (Å²) in [6.45, 7) is 15.0. The van der Waals surface area contributed by atoms with Crippen LogP contribution >= 0.6 is 11.3 Å². The first-order valence-corrected chi connectivity index (χ1v) is 20.4. The van der Waals surface area contributed by atoms with E-state index in [2.05, 4.69) is 41.7 Å². The zero-order valence-electron chi connectivity index (χ0n) is 31.4. The molecule has 12 nitrogen and oxygen atoms in total. The molecule has 3 aromatic rings.